The van der Waals surface area contributed by atoms with Gasteiger partial charge in [-0.25, -0.2) is 4.68 Å². The Morgan fingerprint density at radius 3 is 2.48 bits per heavy atom. The highest BCUT2D eigenvalue weighted by molar-refractivity contribution is 5.95. The number of rotatable bonds is 6. The lowest BCUT2D eigenvalue weighted by atomic mass is 9.90. The van der Waals surface area contributed by atoms with Crippen molar-refractivity contribution in [3.05, 3.63) is 47.8 Å². The van der Waals surface area contributed by atoms with Crippen LogP contribution >= 0.6 is 12.4 Å². The van der Waals surface area contributed by atoms with Gasteiger partial charge in [-0.15, -0.1) is 12.4 Å². The molecule has 27 heavy (non-hydrogen) atoms. The van der Waals surface area contributed by atoms with E-state index in [0.29, 0.717) is 23.6 Å². The summed E-state index contributed by atoms with van der Waals surface area (Å²) in [4.78, 5) is 12.6. The van der Waals surface area contributed by atoms with Gasteiger partial charge in [-0.05, 0) is 43.5 Å². The molecule has 0 bridgehead atoms. The summed E-state index contributed by atoms with van der Waals surface area (Å²) in [5.41, 5.74) is 4.96. The fraction of sp³-hybridized carbons (Fsp3) is 0.444. The fourth-order valence-electron chi connectivity index (χ4n) is 2.84. The van der Waals surface area contributed by atoms with E-state index in [4.69, 9.17) is 5.73 Å². The third-order valence-electron chi connectivity index (χ3n) is 3.98. The van der Waals surface area contributed by atoms with Crippen molar-refractivity contribution in [2.24, 2.45) is 11.7 Å². The Bertz CT molecular complexity index is 776. The van der Waals surface area contributed by atoms with Crippen molar-refractivity contribution in [3.63, 3.8) is 0 Å². The summed E-state index contributed by atoms with van der Waals surface area (Å²) in [6.45, 7) is 6.23. The second-order valence-electron chi connectivity index (χ2n) is 7.01. The van der Waals surface area contributed by atoms with Crippen molar-refractivity contribution in [2.45, 2.75) is 38.9 Å². The molecule has 150 valence electrons. The van der Waals surface area contributed by atoms with Gasteiger partial charge in [0.25, 0.3) is 5.91 Å². The first-order chi connectivity index (χ1) is 12.0. The summed E-state index contributed by atoms with van der Waals surface area (Å²) in [5, 5.41) is 6.45. The minimum atomic E-state index is -4.51. The van der Waals surface area contributed by atoms with Gasteiger partial charge in [-0.2, -0.15) is 18.3 Å². The third-order valence-corrected chi connectivity index (χ3v) is 3.98. The van der Waals surface area contributed by atoms with Crippen molar-refractivity contribution < 1.29 is 18.0 Å². The Morgan fingerprint density at radius 2 is 1.96 bits per heavy atom. The van der Waals surface area contributed by atoms with Gasteiger partial charge >= 0.3 is 6.18 Å². The number of aromatic nitrogens is 2. The molecule has 0 aliphatic rings. The largest absolute Gasteiger partial charge is 0.435 e. The van der Waals surface area contributed by atoms with Gasteiger partial charge < -0.3 is 11.1 Å². The Balaban J connectivity index is 0.00000364. The number of carbonyl (C=O) groups is 1. The van der Waals surface area contributed by atoms with E-state index in [9.17, 15) is 18.0 Å². The van der Waals surface area contributed by atoms with Crippen LogP contribution in [0.2, 0.25) is 0 Å². The quantitative estimate of drug-likeness (QED) is 0.769. The SMILES string of the molecule is CC(C)CC(C)(CN)NC(=O)c1cccc(-n2ccc(C(F)(F)F)n2)c1.Cl. The number of nitrogens with two attached hydrogens (primary N) is 1. The zero-order valence-corrected chi connectivity index (χ0v) is 16.2. The Labute approximate surface area is 162 Å². The molecule has 0 aliphatic heterocycles. The maximum atomic E-state index is 12.7. The molecule has 0 aliphatic carbocycles. The lowest BCUT2D eigenvalue weighted by Crippen LogP contribution is -2.52. The first-order valence-corrected chi connectivity index (χ1v) is 8.30. The maximum Gasteiger partial charge on any atom is 0.435 e. The second kappa shape index (κ2) is 8.75. The van der Waals surface area contributed by atoms with E-state index < -0.39 is 17.4 Å². The van der Waals surface area contributed by atoms with Crippen LogP contribution in [-0.2, 0) is 6.18 Å². The molecule has 0 radical (unpaired) electrons. The molecule has 1 unspecified atom stereocenters. The Morgan fingerprint density at radius 1 is 1.30 bits per heavy atom. The lowest BCUT2D eigenvalue weighted by molar-refractivity contribution is -0.141. The van der Waals surface area contributed by atoms with E-state index in [1.807, 2.05) is 20.8 Å². The smallest absolute Gasteiger partial charge is 0.346 e. The number of amides is 1. The zero-order chi connectivity index (χ0) is 19.5. The molecular weight excluding hydrogens is 381 g/mol. The molecule has 1 aromatic carbocycles. The summed E-state index contributed by atoms with van der Waals surface area (Å²) in [6.07, 6.45) is -2.59. The molecule has 5 nitrogen and oxygen atoms in total. The van der Waals surface area contributed by atoms with Crippen molar-refractivity contribution in [1.82, 2.24) is 15.1 Å². The van der Waals surface area contributed by atoms with Crippen LogP contribution in [0.4, 0.5) is 13.2 Å². The van der Waals surface area contributed by atoms with Gasteiger partial charge in [0.15, 0.2) is 5.69 Å². The minimum absolute atomic E-state index is 0. The van der Waals surface area contributed by atoms with Crippen LogP contribution < -0.4 is 11.1 Å². The molecule has 1 atom stereocenters. The lowest BCUT2D eigenvalue weighted by Gasteiger charge is -2.31. The van der Waals surface area contributed by atoms with Gasteiger partial charge in [0, 0.05) is 23.8 Å². The van der Waals surface area contributed by atoms with Gasteiger partial charge in [0.1, 0.15) is 0 Å². The van der Waals surface area contributed by atoms with Crippen LogP contribution in [0.25, 0.3) is 5.69 Å². The molecule has 0 fully saturated rings. The Kier molecular flexibility index (Phi) is 7.45. The average molecular weight is 405 g/mol. The summed E-state index contributed by atoms with van der Waals surface area (Å²) in [5.74, 6) is 0.0173. The summed E-state index contributed by atoms with van der Waals surface area (Å²) in [6, 6.07) is 7.16. The van der Waals surface area contributed by atoms with Gasteiger partial charge in [-0.3, -0.25) is 4.79 Å². The molecule has 1 heterocycles. The van der Waals surface area contributed by atoms with Crippen LogP contribution in [-0.4, -0.2) is 27.8 Å². The molecule has 0 saturated carbocycles. The number of carbonyl (C=O) groups excluding carboxylic acids is 1. The number of alkyl halides is 3. The second-order valence-corrected chi connectivity index (χ2v) is 7.01. The van der Waals surface area contributed by atoms with Crippen LogP contribution in [0.15, 0.2) is 36.5 Å². The minimum Gasteiger partial charge on any atom is -0.346 e. The number of hydrogen-bond acceptors (Lipinski definition) is 3. The molecule has 0 saturated heterocycles. The fourth-order valence-corrected chi connectivity index (χ4v) is 2.84. The van der Waals surface area contributed by atoms with Crippen molar-refractivity contribution in [2.75, 3.05) is 6.54 Å². The monoisotopic (exact) mass is 404 g/mol. The number of hydrogen-bond donors (Lipinski definition) is 2. The topological polar surface area (TPSA) is 72.9 Å². The van der Waals surface area contributed by atoms with Crippen LogP contribution in [0.3, 0.4) is 0 Å². The molecule has 1 amide bonds. The summed E-state index contributed by atoms with van der Waals surface area (Å²) >= 11 is 0. The summed E-state index contributed by atoms with van der Waals surface area (Å²) < 4.78 is 39.2. The number of halogens is 4. The number of benzene rings is 1. The maximum absolute atomic E-state index is 12.7. The predicted octanol–water partition coefficient (Wildman–Crippen LogP) is 3.81. The van der Waals surface area contributed by atoms with Crippen LogP contribution in [0.5, 0.6) is 0 Å². The zero-order valence-electron chi connectivity index (χ0n) is 15.4. The molecule has 9 heteroatoms. The number of nitrogens with zero attached hydrogens (tertiary/aromatic N) is 2. The summed E-state index contributed by atoms with van der Waals surface area (Å²) in [7, 11) is 0. The van der Waals surface area contributed by atoms with Crippen LogP contribution in [0, 0.1) is 5.92 Å². The average Bonchev–Trinajstić information content (AvgIpc) is 3.04. The molecule has 2 rings (SSSR count). The first-order valence-electron chi connectivity index (χ1n) is 8.30. The van der Waals surface area contributed by atoms with Gasteiger partial charge in [0.2, 0.25) is 0 Å². The van der Waals surface area contributed by atoms with E-state index in [1.54, 1.807) is 18.2 Å². The molecule has 1 aromatic heterocycles. The first kappa shape index (κ1) is 23.0. The highest BCUT2D eigenvalue weighted by Crippen LogP contribution is 2.28. The third kappa shape index (κ3) is 5.97. The van der Waals surface area contributed by atoms with Gasteiger partial charge in [-0.1, -0.05) is 19.9 Å². The number of nitrogens with one attached hydrogen (secondary N) is 1. The van der Waals surface area contributed by atoms with E-state index in [-0.39, 0.29) is 24.9 Å². The normalized spacial score (nSPS) is 13.8. The Hall–Kier alpha value is -2.06. The van der Waals surface area contributed by atoms with E-state index in [0.717, 1.165) is 10.7 Å². The molecule has 3 N–H and O–H groups in total. The highest BCUT2D eigenvalue weighted by Gasteiger charge is 2.33. The van der Waals surface area contributed by atoms with Crippen molar-refractivity contribution in [1.29, 1.82) is 0 Å². The van der Waals surface area contributed by atoms with Gasteiger partial charge in [0.05, 0.1) is 5.69 Å². The van der Waals surface area contributed by atoms with Crippen molar-refractivity contribution >= 4 is 18.3 Å². The molecule has 2 aromatic rings. The van der Waals surface area contributed by atoms with Crippen LogP contribution in [0.1, 0.15) is 43.2 Å². The van der Waals surface area contributed by atoms with E-state index in [2.05, 4.69) is 10.4 Å². The highest BCUT2D eigenvalue weighted by atomic mass is 35.5. The molecular formula is C18H24ClF3N4O. The predicted molar refractivity (Wildman–Crippen MR) is 100 cm³/mol. The standard InChI is InChI=1S/C18H23F3N4O.ClH/c1-12(2)10-17(3,11-22)23-16(26)13-5-4-6-14(9-13)25-8-7-15(24-25)18(19,20)21;/h4-9,12H,10-11,22H2,1-3H3,(H,23,26);1H. The van der Waals surface area contributed by atoms with Crippen molar-refractivity contribution in [3.8, 4) is 5.69 Å². The van der Waals surface area contributed by atoms with E-state index >= 15 is 0 Å². The molecule has 0 spiro atoms. The van der Waals surface area contributed by atoms with E-state index in [1.165, 1.54) is 12.3 Å².